The molecular formula is C11H14N4S. The van der Waals surface area contributed by atoms with Gasteiger partial charge in [0, 0.05) is 13.6 Å². The topological polar surface area (TPSA) is 76.8 Å². The van der Waals surface area contributed by atoms with Crippen molar-refractivity contribution in [2.45, 2.75) is 13.8 Å². The van der Waals surface area contributed by atoms with Crippen LogP contribution >= 0.6 is 11.3 Å². The van der Waals surface area contributed by atoms with E-state index in [0.717, 1.165) is 11.5 Å². The number of nitrogens with zero attached hydrogens (tertiary/aromatic N) is 3. The molecule has 0 aliphatic heterocycles. The van der Waals surface area contributed by atoms with Gasteiger partial charge in [0.1, 0.15) is 27.6 Å². The van der Waals surface area contributed by atoms with Gasteiger partial charge >= 0.3 is 0 Å². The quantitative estimate of drug-likeness (QED) is 0.869. The maximum atomic E-state index is 9.03. The summed E-state index contributed by atoms with van der Waals surface area (Å²) in [6.07, 6.45) is 0. The lowest BCUT2D eigenvalue weighted by Gasteiger charge is -2.19. The second kappa shape index (κ2) is 4.87. The average molecular weight is 234 g/mol. The molecule has 16 heavy (non-hydrogen) atoms. The van der Waals surface area contributed by atoms with Gasteiger partial charge in [0.25, 0.3) is 0 Å². The highest BCUT2D eigenvalue weighted by molar-refractivity contribution is 7.17. The van der Waals surface area contributed by atoms with E-state index in [1.807, 2.05) is 18.0 Å². The Morgan fingerprint density at radius 3 is 2.44 bits per heavy atom. The van der Waals surface area contributed by atoms with Crippen molar-refractivity contribution >= 4 is 22.0 Å². The minimum Gasteiger partial charge on any atom is -0.396 e. The number of nitrogens with two attached hydrogens (primary N) is 1. The van der Waals surface area contributed by atoms with Crippen LogP contribution in [0.3, 0.4) is 0 Å². The number of nitrogen functional groups attached to an aromatic ring is 1. The van der Waals surface area contributed by atoms with Crippen LogP contribution in [0.2, 0.25) is 0 Å². The zero-order valence-corrected chi connectivity index (χ0v) is 10.4. The molecule has 1 rings (SSSR count). The molecule has 0 fully saturated rings. The molecule has 84 valence electrons. The molecule has 0 bridgehead atoms. The Bertz CT molecular complexity index is 462. The number of hydrogen-bond acceptors (Lipinski definition) is 5. The molecule has 1 heterocycles. The summed E-state index contributed by atoms with van der Waals surface area (Å²) < 4.78 is 0. The third kappa shape index (κ3) is 2.26. The molecular weight excluding hydrogens is 220 g/mol. The Morgan fingerprint density at radius 2 is 2.00 bits per heavy atom. The maximum absolute atomic E-state index is 9.03. The minimum absolute atomic E-state index is 0.306. The van der Waals surface area contributed by atoms with Crippen molar-refractivity contribution in [3.63, 3.8) is 0 Å². The fourth-order valence-corrected chi connectivity index (χ4v) is 2.46. The van der Waals surface area contributed by atoms with Gasteiger partial charge < -0.3 is 10.6 Å². The zero-order chi connectivity index (χ0) is 12.3. The molecule has 0 saturated heterocycles. The van der Waals surface area contributed by atoms with Crippen LogP contribution in [0, 0.1) is 28.6 Å². The second-order valence-electron chi connectivity index (χ2n) is 4.02. The smallest absolute Gasteiger partial charge is 0.131 e. The first-order valence-electron chi connectivity index (χ1n) is 4.94. The third-order valence-electron chi connectivity index (χ3n) is 2.13. The van der Waals surface area contributed by atoms with E-state index >= 15 is 0 Å². The lowest BCUT2D eigenvalue weighted by molar-refractivity contribution is 0.640. The molecule has 1 aromatic rings. The molecule has 0 saturated carbocycles. The van der Waals surface area contributed by atoms with Crippen LogP contribution in [0.4, 0.5) is 10.7 Å². The summed E-state index contributed by atoms with van der Waals surface area (Å²) in [4.78, 5) is 2.40. The van der Waals surface area contributed by atoms with Gasteiger partial charge in [-0.15, -0.1) is 11.3 Å². The van der Waals surface area contributed by atoms with E-state index in [1.54, 1.807) is 0 Å². The van der Waals surface area contributed by atoms with Crippen molar-refractivity contribution in [1.29, 1.82) is 10.5 Å². The van der Waals surface area contributed by atoms with Gasteiger partial charge in [-0.25, -0.2) is 0 Å². The molecule has 5 heteroatoms. The number of nitriles is 2. The van der Waals surface area contributed by atoms with Crippen molar-refractivity contribution in [3.05, 3.63) is 10.4 Å². The van der Waals surface area contributed by atoms with E-state index in [-0.39, 0.29) is 0 Å². The number of rotatable bonds is 3. The van der Waals surface area contributed by atoms with Crippen molar-refractivity contribution in [1.82, 2.24) is 0 Å². The fourth-order valence-electron chi connectivity index (χ4n) is 1.52. The number of hydrogen-bond donors (Lipinski definition) is 1. The molecule has 0 atom stereocenters. The summed E-state index contributed by atoms with van der Waals surface area (Å²) in [5.41, 5.74) is 6.46. The highest BCUT2D eigenvalue weighted by Gasteiger charge is 2.18. The van der Waals surface area contributed by atoms with Gasteiger partial charge in [0.2, 0.25) is 0 Å². The van der Waals surface area contributed by atoms with Crippen molar-refractivity contribution in [2.75, 3.05) is 24.2 Å². The Kier molecular flexibility index (Phi) is 3.76. The predicted octanol–water partition coefficient (Wildman–Crippen LogP) is 2.17. The van der Waals surface area contributed by atoms with Gasteiger partial charge in [0.15, 0.2) is 0 Å². The van der Waals surface area contributed by atoms with E-state index in [9.17, 15) is 0 Å². The SMILES string of the molecule is CC(C)CN(C)c1sc(C#N)c(N)c1C#N. The lowest BCUT2D eigenvalue weighted by Crippen LogP contribution is -2.22. The van der Waals surface area contributed by atoms with E-state index < -0.39 is 0 Å². The molecule has 0 aromatic carbocycles. The number of thiophene rings is 1. The first-order valence-corrected chi connectivity index (χ1v) is 5.76. The summed E-state index contributed by atoms with van der Waals surface area (Å²) in [6, 6.07) is 4.08. The van der Waals surface area contributed by atoms with Crippen LogP contribution in [-0.4, -0.2) is 13.6 Å². The van der Waals surface area contributed by atoms with Gasteiger partial charge in [0.05, 0.1) is 5.69 Å². The fraction of sp³-hybridized carbons (Fsp3) is 0.455. The first kappa shape index (κ1) is 12.4. The summed E-state index contributed by atoms with van der Waals surface area (Å²) in [6.45, 7) is 5.04. The predicted molar refractivity (Wildman–Crippen MR) is 66.3 cm³/mol. The monoisotopic (exact) mass is 234 g/mol. The summed E-state index contributed by atoms with van der Waals surface area (Å²) in [5, 5.41) is 18.7. The first-order chi connectivity index (χ1) is 7.51. The van der Waals surface area contributed by atoms with Gasteiger partial charge in [-0.2, -0.15) is 10.5 Å². The Hall–Kier alpha value is -1.72. The summed E-state index contributed by atoms with van der Waals surface area (Å²) in [5.74, 6) is 0.491. The van der Waals surface area contributed by atoms with Crippen molar-refractivity contribution < 1.29 is 0 Å². The molecule has 0 unspecified atom stereocenters. The van der Waals surface area contributed by atoms with E-state index in [0.29, 0.717) is 22.0 Å². The largest absolute Gasteiger partial charge is 0.396 e. The minimum atomic E-state index is 0.306. The molecule has 0 radical (unpaired) electrons. The Balaban J connectivity index is 3.15. The van der Waals surface area contributed by atoms with Crippen LogP contribution in [-0.2, 0) is 0 Å². The lowest BCUT2D eigenvalue weighted by atomic mass is 10.2. The highest BCUT2D eigenvalue weighted by Crippen LogP contribution is 2.36. The Morgan fingerprint density at radius 1 is 1.38 bits per heavy atom. The van der Waals surface area contributed by atoms with Crippen LogP contribution in [0.1, 0.15) is 24.3 Å². The van der Waals surface area contributed by atoms with E-state index in [2.05, 4.69) is 19.9 Å². The molecule has 1 aromatic heterocycles. The number of anilines is 2. The van der Waals surface area contributed by atoms with Gasteiger partial charge in [-0.05, 0) is 5.92 Å². The normalized spacial score (nSPS) is 9.88. The van der Waals surface area contributed by atoms with E-state index in [1.165, 1.54) is 11.3 Å². The van der Waals surface area contributed by atoms with Crippen molar-refractivity contribution in [3.8, 4) is 12.1 Å². The molecule has 4 nitrogen and oxygen atoms in total. The average Bonchev–Trinajstić information content (AvgIpc) is 2.53. The molecule has 2 N–H and O–H groups in total. The zero-order valence-electron chi connectivity index (χ0n) is 9.61. The Labute approximate surface area is 99.5 Å². The summed E-state index contributed by atoms with van der Waals surface area (Å²) in [7, 11) is 1.91. The van der Waals surface area contributed by atoms with Crippen molar-refractivity contribution in [2.24, 2.45) is 5.92 Å². The van der Waals surface area contributed by atoms with Crippen LogP contribution < -0.4 is 10.6 Å². The highest BCUT2D eigenvalue weighted by atomic mass is 32.1. The van der Waals surface area contributed by atoms with Crippen LogP contribution in [0.5, 0.6) is 0 Å². The van der Waals surface area contributed by atoms with Gasteiger partial charge in [-0.1, -0.05) is 13.8 Å². The van der Waals surface area contributed by atoms with Crippen LogP contribution in [0.15, 0.2) is 0 Å². The van der Waals surface area contributed by atoms with E-state index in [4.69, 9.17) is 16.3 Å². The second-order valence-corrected chi connectivity index (χ2v) is 5.02. The summed E-state index contributed by atoms with van der Waals surface area (Å²) >= 11 is 1.28. The van der Waals surface area contributed by atoms with Gasteiger partial charge in [-0.3, -0.25) is 0 Å². The third-order valence-corrected chi connectivity index (χ3v) is 3.35. The maximum Gasteiger partial charge on any atom is 0.131 e. The molecule has 0 aliphatic carbocycles. The van der Waals surface area contributed by atoms with Crippen LogP contribution in [0.25, 0.3) is 0 Å². The molecule has 0 amide bonds. The molecule has 0 aliphatic rings. The standard InChI is InChI=1S/C11H14N4S/c1-7(2)6-15(3)11-8(4-12)10(14)9(5-13)16-11/h7H,6,14H2,1-3H3. The molecule has 0 spiro atoms.